The molecular weight excluding hydrogens is 214 g/mol. The highest BCUT2D eigenvalue weighted by Gasteiger charge is 2.31. The minimum absolute atomic E-state index is 0.229. The van der Waals surface area contributed by atoms with Crippen molar-refractivity contribution >= 4 is 11.7 Å². The van der Waals surface area contributed by atoms with E-state index in [1.807, 2.05) is 17.0 Å². The molecule has 0 radical (unpaired) electrons. The van der Waals surface area contributed by atoms with Crippen LogP contribution in [0.5, 0.6) is 0 Å². The number of likely N-dealkylation sites (tertiary alicyclic amines) is 1. The average molecular weight is 233 g/mol. The number of nitrogens with zero attached hydrogens (tertiary/aromatic N) is 2. The molecule has 1 amide bonds. The molecule has 1 aliphatic rings. The largest absolute Gasteiger partial charge is 0.383 e. The quantitative estimate of drug-likeness (QED) is 0.864. The Kier molecular flexibility index (Phi) is 3.31. The third-order valence-electron chi connectivity index (χ3n) is 3.47. The van der Waals surface area contributed by atoms with Crippen LogP contribution < -0.4 is 5.73 Å². The molecule has 17 heavy (non-hydrogen) atoms. The van der Waals surface area contributed by atoms with Crippen LogP contribution in [0, 0.1) is 11.8 Å². The summed E-state index contributed by atoms with van der Waals surface area (Å²) in [5.74, 6) is 1.77. The molecular formula is C13H19N3O. The number of hydrogen-bond acceptors (Lipinski definition) is 3. The molecule has 92 valence electrons. The van der Waals surface area contributed by atoms with Crippen molar-refractivity contribution in [3.63, 3.8) is 0 Å². The fourth-order valence-corrected chi connectivity index (χ4v) is 2.19. The number of amides is 1. The smallest absolute Gasteiger partial charge is 0.223 e. The van der Waals surface area contributed by atoms with Gasteiger partial charge in [0.15, 0.2) is 0 Å². The summed E-state index contributed by atoms with van der Waals surface area (Å²) in [5, 5.41) is 0. The Bertz CT molecular complexity index is 417. The van der Waals surface area contributed by atoms with Crippen LogP contribution in [0.2, 0.25) is 0 Å². The van der Waals surface area contributed by atoms with E-state index >= 15 is 0 Å². The first-order chi connectivity index (χ1) is 8.08. The second-order valence-corrected chi connectivity index (χ2v) is 5.03. The van der Waals surface area contributed by atoms with Gasteiger partial charge in [-0.15, -0.1) is 0 Å². The van der Waals surface area contributed by atoms with E-state index in [-0.39, 0.29) is 5.91 Å². The Morgan fingerprint density at radius 3 is 2.94 bits per heavy atom. The SMILES string of the molecule is CC(C)C1CC(=O)N(Cc2cccnc2N)C1. The molecule has 0 bridgehead atoms. The molecule has 1 atom stereocenters. The van der Waals surface area contributed by atoms with Crippen molar-refractivity contribution in [1.82, 2.24) is 9.88 Å². The predicted octanol–water partition coefficient (Wildman–Crippen LogP) is 1.67. The standard InChI is InChI=1S/C13H19N3O/c1-9(2)11-6-12(17)16(8-11)7-10-4-3-5-15-13(10)14/h3-5,9,11H,6-8H2,1-2H3,(H2,14,15). The summed E-state index contributed by atoms with van der Waals surface area (Å²) in [4.78, 5) is 17.8. The Balaban J connectivity index is 2.06. The van der Waals surface area contributed by atoms with Gasteiger partial charge in [-0.25, -0.2) is 4.98 Å². The first-order valence-electron chi connectivity index (χ1n) is 6.05. The Morgan fingerprint density at radius 1 is 1.59 bits per heavy atom. The van der Waals surface area contributed by atoms with Crippen LogP contribution in [-0.2, 0) is 11.3 Å². The highest BCUT2D eigenvalue weighted by atomic mass is 16.2. The molecule has 0 aliphatic carbocycles. The number of anilines is 1. The maximum atomic E-state index is 11.9. The zero-order valence-corrected chi connectivity index (χ0v) is 10.4. The molecule has 1 fully saturated rings. The highest BCUT2D eigenvalue weighted by molar-refractivity contribution is 5.78. The van der Waals surface area contributed by atoms with Gasteiger partial charge in [-0.3, -0.25) is 4.79 Å². The van der Waals surface area contributed by atoms with Gasteiger partial charge in [-0.05, 0) is 17.9 Å². The lowest BCUT2D eigenvalue weighted by atomic mass is 9.95. The molecule has 2 N–H and O–H groups in total. The van der Waals surface area contributed by atoms with E-state index in [0.29, 0.717) is 30.6 Å². The second-order valence-electron chi connectivity index (χ2n) is 5.03. The lowest BCUT2D eigenvalue weighted by Gasteiger charge is -2.18. The molecule has 2 rings (SSSR count). The van der Waals surface area contributed by atoms with Crippen molar-refractivity contribution in [3.05, 3.63) is 23.9 Å². The minimum Gasteiger partial charge on any atom is -0.383 e. The van der Waals surface area contributed by atoms with E-state index in [4.69, 9.17) is 5.73 Å². The monoisotopic (exact) mass is 233 g/mol. The van der Waals surface area contributed by atoms with E-state index in [9.17, 15) is 4.79 Å². The molecule has 1 saturated heterocycles. The molecule has 1 unspecified atom stereocenters. The van der Waals surface area contributed by atoms with Gasteiger partial charge in [-0.2, -0.15) is 0 Å². The maximum absolute atomic E-state index is 11.9. The van der Waals surface area contributed by atoms with Crippen LogP contribution in [0.3, 0.4) is 0 Å². The number of aromatic nitrogens is 1. The van der Waals surface area contributed by atoms with E-state index in [2.05, 4.69) is 18.8 Å². The zero-order chi connectivity index (χ0) is 12.4. The van der Waals surface area contributed by atoms with Crippen LogP contribution in [-0.4, -0.2) is 22.3 Å². The molecule has 4 nitrogen and oxygen atoms in total. The van der Waals surface area contributed by atoms with Crippen LogP contribution in [0.15, 0.2) is 18.3 Å². The number of nitrogen functional groups attached to an aromatic ring is 1. The predicted molar refractivity (Wildman–Crippen MR) is 67.0 cm³/mol. The normalized spacial score (nSPS) is 20.3. The number of pyridine rings is 1. The number of carbonyl (C=O) groups excluding carboxylic acids is 1. The van der Waals surface area contributed by atoms with Crippen molar-refractivity contribution < 1.29 is 4.79 Å². The molecule has 0 spiro atoms. The minimum atomic E-state index is 0.229. The van der Waals surface area contributed by atoms with E-state index in [1.165, 1.54) is 0 Å². The van der Waals surface area contributed by atoms with Crippen molar-refractivity contribution in [2.45, 2.75) is 26.8 Å². The third-order valence-corrected chi connectivity index (χ3v) is 3.47. The van der Waals surface area contributed by atoms with Gasteiger partial charge in [0.1, 0.15) is 5.82 Å². The van der Waals surface area contributed by atoms with E-state index in [0.717, 1.165) is 12.1 Å². The van der Waals surface area contributed by atoms with Gasteiger partial charge in [0.05, 0.1) is 0 Å². The van der Waals surface area contributed by atoms with Crippen LogP contribution >= 0.6 is 0 Å². The van der Waals surface area contributed by atoms with Gasteiger partial charge in [0.25, 0.3) is 0 Å². The van der Waals surface area contributed by atoms with Gasteiger partial charge < -0.3 is 10.6 Å². The summed E-state index contributed by atoms with van der Waals surface area (Å²) in [6, 6.07) is 3.78. The van der Waals surface area contributed by atoms with Crippen molar-refractivity contribution in [1.29, 1.82) is 0 Å². The highest BCUT2D eigenvalue weighted by Crippen LogP contribution is 2.26. The van der Waals surface area contributed by atoms with Crippen molar-refractivity contribution in [2.75, 3.05) is 12.3 Å². The van der Waals surface area contributed by atoms with Gasteiger partial charge in [0.2, 0.25) is 5.91 Å². The molecule has 1 aliphatic heterocycles. The average Bonchev–Trinajstić information content (AvgIpc) is 2.64. The molecule has 4 heteroatoms. The lowest BCUT2D eigenvalue weighted by Crippen LogP contribution is -2.25. The molecule has 2 heterocycles. The Morgan fingerprint density at radius 2 is 2.35 bits per heavy atom. The summed E-state index contributed by atoms with van der Waals surface area (Å²) >= 11 is 0. The second kappa shape index (κ2) is 4.73. The number of nitrogens with two attached hydrogens (primary N) is 1. The number of rotatable bonds is 3. The van der Waals surface area contributed by atoms with E-state index < -0.39 is 0 Å². The fraction of sp³-hybridized carbons (Fsp3) is 0.538. The summed E-state index contributed by atoms with van der Waals surface area (Å²) < 4.78 is 0. The third kappa shape index (κ3) is 2.57. The van der Waals surface area contributed by atoms with E-state index in [1.54, 1.807) is 6.20 Å². The summed E-state index contributed by atoms with van der Waals surface area (Å²) in [6.07, 6.45) is 2.33. The molecule has 1 aromatic heterocycles. The first-order valence-corrected chi connectivity index (χ1v) is 6.05. The van der Waals surface area contributed by atoms with Crippen molar-refractivity contribution in [2.24, 2.45) is 11.8 Å². The fourth-order valence-electron chi connectivity index (χ4n) is 2.19. The Hall–Kier alpha value is -1.58. The lowest BCUT2D eigenvalue weighted by molar-refractivity contribution is -0.128. The Labute approximate surface area is 102 Å². The van der Waals surface area contributed by atoms with Crippen LogP contribution in [0.4, 0.5) is 5.82 Å². The number of hydrogen-bond donors (Lipinski definition) is 1. The zero-order valence-electron chi connectivity index (χ0n) is 10.4. The van der Waals surface area contributed by atoms with Gasteiger partial charge in [0, 0.05) is 31.3 Å². The summed E-state index contributed by atoms with van der Waals surface area (Å²) in [6.45, 7) is 5.76. The first kappa shape index (κ1) is 11.9. The number of carbonyl (C=O) groups is 1. The van der Waals surface area contributed by atoms with Crippen LogP contribution in [0.1, 0.15) is 25.8 Å². The summed E-state index contributed by atoms with van der Waals surface area (Å²) in [5.41, 5.74) is 6.72. The van der Waals surface area contributed by atoms with Gasteiger partial charge >= 0.3 is 0 Å². The van der Waals surface area contributed by atoms with Crippen LogP contribution in [0.25, 0.3) is 0 Å². The molecule has 0 aromatic carbocycles. The van der Waals surface area contributed by atoms with Crippen molar-refractivity contribution in [3.8, 4) is 0 Å². The maximum Gasteiger partial charge on any atom is 0.223 e. The summed E-state index contributed by atoms with van der Waals surface area (Å²) in [7, 11) is 0. The van der Waals surface area contributed by atoms with Gasteiger partial charge in [-0.1, -0.05) is 19.9 Å². The molecule has 0 saturated carbocycles. The molecule has 1 aromatic rings. The topological polar surface area (TPSA) is 59.2 Å².